The first kappa shape index (κ1) is 15.2. The first-order chi connectivity index (χ1) is 8.36. The number of rotatable bonds is 1. The zero-order valence-electron chi connectivity index (χ0n) is 11.3. The molecule has 17 heavy (non-hydrogen) atoms. The largest absolute Gasteiger partial charge is 0.399 e. The van der Waals surface area contributed by atoms with Gasteiger partial charge >= 0.3 is 0 Å². The van der Waals surface area contributed by atoms with Gasteiger partial charge in [0, 0.05) is 5.69 Å². The third-order valence-electron chi connectivity index (χ3n) is 2.02. The van der Waals surface area contributed by atoms with Gasteiger partial charge in [0.25, 0.3) is 0 Å². The van der Waals surface area contributed by atoms with Crippen molar-refractivity contribution in [1.29, 1.82) is 0 Å². The van der Waals surface area contributed by atoms with Gasteiger partial charge in [-0.05, 0) is 23.3 Å². The quantitative estimate of drug-likeness (QED) is 0.685. The average Bonchev–Trinajstić information content (AvgIpc) is 2.45. The minimum absolute atomic E-state index is 0.805. The predicted octanol–water partition coefficient (Wildman–Crippen LogP) is 4.99. The molecular formula is C16H23N. The summed E-state index contributed by atoms with van der Waals surface area (Å²) in [6.07, 6.45) is 0. The van der Waals surface area contributed by atoms with E-state index in [0.29, 0.717) is 0 Å². The van der Waals surface area contributed by atoms with Crippen molar-refractivity contribution in [3.63, 3.8) is 0 Å². The van der Waals surface area contributed by atoms with Crippen LogP contribution in [-0.2, 0) is 0 Å². The topological polar surface area (TPSA) is 26.0 Å². The van der Waals surface area contributed by atoms with Crippen molar-refractivity contribution in [2.75, 3.05) is 5.73 Å². The standard InChI is InChI=1S/C12H11N.2C2H6/c13-12-8-6-11(7-9-12)10-4-2-1-3-5-10;2*1-2/h1-9H,13H2;2*1-2H3. The van der Waals surface area contributed by atoms with E-state index in [9.17, 15) is 0 Å². The fraction of sp³-hybridized carbons (Fsp3) is 0.250. The van der Waals surface area contributed by atoms with Gasteiger partial charge < -0.3 is 5.73 Å². The van der Waals surface area contributed by atoms with Crippen LogP contribution in [0.4, 0.5) is 5.69 Å². The maximum absolute atomic E-state index is 5.60. The van der Waals surface area contributed by atoms with Crippen LogP contribution in [0.3, 0.4) is 0 Å². The summed E-state index contributed by atoms with van der Waals surface area (Å²) in [5, 5.41) is 0. The molecule has 92 valence electrons. The van der Waals surface area contributed by atoms with E-state index in [1.807, 2.05) is 70.2 Å². The molecule has 1 nitrogen and oxygen atoms in total. The van der Waals surface area contributed by atoms with Crippen LogP contribution in [0.15, 0.2) is 54.6 Å². The van der Waals surface area contributed by atoms with Crippen LogP contribution in [0, 0.1) is 0 Å². The molecule has 0 aliphatic carbocycles. The summed E-state index contributed by atoms with van der Waals surface area (Å²) in [4.78, 5) is 0. The number of hydrogen-bond acceptors (Lipinski definition) is 1. The lowest BCUT2D eigenvalue weighted by molar-refractivity contribution is 1.50. The van der Waals surface area contributed by atoms with Crippen LogP contribution in [0.5, 0.6) is 0 Å². The van der Waals surface area contributed by atoms with Crippen molar-refractivity contribution in [1.82, 2.24) is 0 Å². The van der Waals surface area contributed by atoms with Crippen LogP contribution in [0.1, 0.15) is 27.7 Å². The van der Waals surface area contributed by atoms with Crippen LogP contribution in [0.2, 0.25) is 0 Å². The molecule has 0 saturated heterocycles. The fourth-order valence-corrected chi connectivity index (χ4v) is 1.31. The molecule has 0 aliphatic rings. The number of hydrogen-bond donors (Lipinski definition) is 1. The Morgan fingerprint density at radius 1 is 0.588 bits per heavy atom. The summed E-state index contributed by atoms with van der Waals surface area (Å²) in [5.41, 5.74) is 8.84. The van der Waals surface area contributed by atoms with Gasteiger partial charge in [-0.3, -0.25) is 0 Å². The maximum atomic E-state index is 5.60. The molecule has 0 heterocycles. The van der Waals surface area contributed by atoms with Crippen molar-refractivity contribution in [2.24, 2.45) is 0 Å². The summed E-state index contributed by atoms with van der Waals surface area (Å²) in [7, 11) is 0. The Kier molecular flexibility index (Phi) is 8.48. The second-order valence-electron chi connectivity index (χ2n) is 2.99. The number of benzene rings is 2. The molecule has 2 aromatic carbocycles. The summed E-state index contributed by atoms with van der Waals surface area (Å²) in [6.45, 7) is 8.00. The van der Waals surface area contributed by atoms with Gasteiger partial charge in [-0.15, -0.1) is 0 Å². The van der Waals surface area contributed by atoms with Gasteiger partial charge in [0.15, 0.2) is 0 Å². The monoisotopic (exact) mass is 229 g/mol. The molecule has 0 aliphatic heterocycles. The highest BCUT2D eigenvalue weighted by atomic mass is 14.5. The molecule has 0 bridgehead atoms. The van der Waals surface area contributed by atoms with Crippen LogP contribution >= 0.6 is 0 Å². The smallest absolute Gasteiger partial charge is 0.0314 e. The first-order valence-corrected chi connectivity index (χ1v) is 6.27. The highest BCUT2D eigenvalue weighted by Gasteiger charge is 1.94. The van der Waals surface area contributed by atoms with Crippen molar-refractivity contribution in [2.45, 2.75) is 27.7 Å². The fourth-order valence-electron chi connectivity index (χ4n) is 1.31. The molecule has 0 fully saturated rings. The summed E-state index contributed by atoms with van der Waals surface area (Å²) >= 11 is 0. The summed E-state index contributed by atoms with van der Waals surface area (Å²) in [5.74, 6) is 0. The Bertz CT molecular complexity index is 376. The molecule has 1 heteroatoms. The van der Waals surface area contributed by atoms with Gasteiger partial charge in [0.1, 0.15) is 0 Å². The van der Waals surface area contributed by atoms with Gasteiger partial charge in [0.05, 0.1) is 0 Å². The molecule has 2 rings (SSSR count). The summed E-state index contributed by atoms with van der Waals surface area (Å²) in [6, 6.07) is 18.2. The van der Waals surface area contributed by atoms with E-state index in [-0.39, 0.29) is 0 Å². The van der Waals surface area contributed by atoms with E-state index in [4.69, 9.17) is 5.73 Å². The molecule has 0 spiro atoms. The van der Waals surface area contributed by atoms with Gasteiger partial charge in [-0.1, -0.05) is 70.2 Å². The molecule has 0 aromatic heterocycles. The van der Waals surface area contributed by atoms with E-state index in [1.165, 1.54) is 11.1 Å². The SMILES string of the molecule is CC.CC.Nc1ccc(-c2ccccc2)cc1. The van der Waals surface area contributed by atoms with E-state index < -0.39 is 0 Å². The lowest BCUT2D eigenvalue weighted by atomic mass is 10.1. The van der Waals surface area contributed by atoms with Gasteiger partial charge in [-0.2, -0.15) is 0 Å². The predicted molar refractivity (Wildman–Crippen MR) is 79.0 cm³/mol. The van der Waals surface area contributed by atoms with Gasteiger partial charge in [0.2, 0.25) is 0 Å². The average molecular weight is 229 g/mol. The third-order valence-corrected chi connectivity index (χ3v) is 2.02. The Morgan fingerprint density at radius 3 is 1.47 bits per heavy atom. The van der Waals surface area contributed by atoms with E-state index >= 15 is 0 Å². The lowest BCUT2D eigenvalue weighted by Gasteiger charge is -2.00. The van der Waals surface area contributed by atoms with Crippen LogP contribution in [-0.4, -0.2) is 0 Å². The van der Waals surface area contributed by atoms with E-state index in [2.05, 4.69) is 12.1 Å². The van der Waals surface area contributed by atoms with E-state index in [0.717, 1.165) is 5.69 Å². The summed E-state index contributed by atoms with van der Waals surface area (Å²) < 4.78 is 0. The van der Waals surface area contributed by atoms with Crippen molar-refractivity contribution in [3.8, 4) is 11.1 Å². The van der Waals surface area contributed by atoms with Crippen molar-refractivity contribution >= 4 is 5.69 Å². The van der Waals surface area contributed by atoms with Crippen molar-refractivity contribution in [3.05, 3.63) is 54.6 Å². The molecule has 2 aromatic rings. The Hall–Kier alpha value is -1.76. The molecule has 0 atom stereocenters. The number of nitrogen functional groups attached to an aromatic ring is 1. The second kappa shape index (κ2) is 9.46. The van der Waals surface area contributed by atoms with Gasteiger partial charge in [-0.25, -0.2) is 0 Å². The minimum atomic E-state index is 0.805. The Balaban J connectivity index is 0.000000581. The van der Waals surface area contributed by atoms with Crippen molar-refractivity contribution < 1.29 is 0 Å². The Morgan fingerprint density at radius 2 is 1.00 bits per heavy atom. The minimum Gasteiger partial charge on any atom is -0.399 e. The number of nitrogens with two attached hydrogens (primary N) is 1. The first-order valence-electron chi connectivity index (χ1n) is 6.27. The normalized spacial score (nSPS) is 8.24. The molecule has 0 radical (unpaired) electrons. The highest BCUT2D eigenvalue weighted by Crippen LogP contribution is 2.19. The van der Waals surface area contributed by atoms with Crippen LogP contribution < -0.4 is 5.73 Å². The molecular weight excluding hydrogens is 206 g/mol. The zero-order chi connectivity index (χ0) is 13.1. The second-order valence-corrected chi connectivity index (χ2v) is 2.99. The lowest BCUT2D eigenvalue weighted by Crippen LogP contribution is -1.83. The molecule has 0 saturated carbocycles. The zero-order valence-corrected chi connectivity index (χ0v) is 11.3. The molecule has 0 amide bonds. The number of anilines is 1. The molecule has 2 N–H and O–H groups in total. The molecule has 0 unspecified atom stereocenters. The highest BCUT2D eigenvalue weighted by molar-refractivity contribution is 5.65. The third kappa shape index (κ3) is 5.21. The maximum Gasteiger partial charge on any atom is 0.0314 e. The Labute approximate surface area is 105 Å². The van der Waals surface area contributed by atoms with Crippen LogP contribution in [0.25, 0.3) is 11.1 Å². The van der Waals surface area contributed by atoms with E-state index in [1.54, 1.807) is 0 Å².